The zero-order valence-electron chi connectivity index (χ0n) is 22.3. The molecule has 0 spiro atoms. The van der Waals surface area contributed by atoms with Crippen molar-refractivity contribution in [3.63, 3.8) is 0 Å². The van der Waals surface area contributed by atoms with Crippen LogP contribution in [0.15, 0.2) is 90.5 Å². The van der Waals surface area contributed by atoms with E-state index in [0.717, 1.165) is 27.5 Å². The molecule has 1 aliphatic rings. The molecule has 4 aromatic rings. The molecule has 5 nitrogen and oxygen atoms in total. The van der Waals surface area contributed by atoms with Crippen molar-refractivity contribution in [1.29, 1.82) is 0 Å². The van der Waals surface area contributed by atoms with Crippen LogP contribution in [-0.2, 0) is 15.0 Å². The van der Waals surface area contributed by atoms with Gasteiger partial charge in [0.2, 0.25) is 0 Å². The lowest BCUT2D eigenvalue weighted by atomic mass is 9.84. The Kier molecular flexibility index (Phi) is 6.31. The third kappa shape index (κ3) is 4.24. The molecular weight excluding hydrogens is 474 g/mol. The monoisotopic (exact) mass is 505 g/mol. The molecule has 1 amide bonds. The molecule has 0 saturated carbocycles. The second-order valence-electron chi connectivity index (χ2n) is 10.7. The second-order valence-corrected chi connectivity index (χ2v) is 10.7. The lowest BCUT2D eigenvalue weighted by Crippen LogP contribution is -2.29. The molecule has 1 N–H and O–H groups in total. The Morgan fingerprint density at radius 3 is 2.26 bits per heavy atom. The minimum Gasteiger partial charge on any atom is -0.507 e. The summed E-state index contributed by atoms with van der Waals surface area (Å²) >= 11 is 0. The van der Waals surface area contributed by atoms with Crippen LogP contribution in [0.3, 0.4) is 0 Å². The maximum absolute atomic E-state index is 13.7. The van der Waals surface area contributed by atoms with Gasteiger partial charge in [0.05, 0.1) is 18.7 Å². The third-order valence-electron chi connectivity index (χ3n) is 7.27. The number of nitrogens with zero attached hydrogens (tertiary/aromatic N) is 1. The van der Waals surface area contributed by atoms with E-state index >= 15 is 0 Å². The summed E-state index contributed by atoms with van der Waals surface area (Å²) in [5.74, 6) is -0.918. The number of carbonyl (C=O) groups excluding carboxylic acids is 2. The number of fused-ring (bicyclic) bond motifs is 1. The van der Waals surface area contributed by atoms with Crippen LogP contribution in [0.2, 0.25) is 0 Å². The molecule has 1 saturated heterocycles. The smallest absolute Gasteiger partial charge is 0.300 e. The summed E-state index contributed by atoms with van der Waals surface area (Å²) in [7, 11) is 1.57. The number of Topliss-reactive ketones (excluding diaryl/α,β-unsaturated/α-hetero) is 1. The third-order valence-corrected chi connectivity index (χ3v) is 7.27. The minimum atomic E-state index is -0.813. The summed E-state index contributed by atoms with van der Waals surface area (Å²) in [6.45, 7) is 8.19. The molecule has 0 radical (unpaired) electrons. The van der Waals surface area contributed by atoms with Crippen molar-refractivity contribution in [1.82, 2.24) is 0 Å². The van der Waals surface area contributed by atoms with Gasteiger partial charge in [0.25, 0.3) is 11.7 Å². The van der Waals surface area contributed by atoms with Crippen molar-refractivity contribution in [3.8, 4) is 5.75 Å². The Morgan fingerprint density at radius 1 is 0.895 bits per heavy atom. The molecule has 5 heteroatoms. The molecule has 1 fully saturated rings. The van der Waals surface area contributed by atoms with Crippen LogP contribution in [0.25, 0.3) is 16.5 Å². The highest BCUT2D eigenvalue weighted by molar-refractivity contribution is 6.52. The number of rotatable bonds is 4. The number of aliphatic hydroxyl groups is 1. The van der Waals surface area contributed by atoms with Gasteiger partial charge in [-0.1, -0.05) is 75.4 Å². The Hall–Kier alpha value is -4.38. The first-order valence-corrected chi connectivity index (χ1v) is 12.7. The first-order chi connectivity index (χ1) is 18.1. The number of anilines is 1. The second kappa shape index (κ2) is 9.49. The lowest BCUT2D eigenvalue weighted by molar-refractivity contribution is -0.132. The van der Waals surface area contributed by atoms with Gasteiger partial charge < -0.3 is 9.84 Å². The van der Waals surface area contributed by atoms with Gasteiger partial charge in [0, 0.05) is 11.3 Å². The number of amides is 1. The fourth-order valence-electron chi connectivity index (χ4n) is 5.11. The molecule has 1 atom stereocenters. The van der Waals surface area contributed by atoms with Crippen molar-refractivity contribution in [2.24, 2.45) is 0 Å². The summed E-state index contributed by atoms with van der Waals surface area (Å²) < 4.78 is 5.30. The SMILES string of the molecule is COc1ccc(N2C(=O)C(=O)/C(=C(/O)c3cc(C(C)(C)C)ccc3C)C2c2cccc3ccccc23)cc1. The average molecular weight is 506 g/mol. The van der Waals surface area contributed by atoms with Crippen molar-refractivity contribution in [3.05, 3.63) is 113 Å². The van der Waals surface area contributed by atoms with Gasteiger partial charge in [0.15, 0.2) is 0 Å². The molecule has 1 unspecified atom stereocenters. The zero-order chi connectivity index (χ0) is 27.2. The fourth-order valence-corrected chi connectivity index (χ4v) is 5.11. The number of hydrogen-bond acceptors (Lipinski definition) is 4. The Morgan fingerprint density at radius 2 is 1.58 bits per heavy atom. The summed E-state index contributed by atoms with van der Waals surface area (Å²) in [6, 6.07) is 25.8. The Balaban J connectivity index is 1.80. The number of methoxy groups -OCH3 is 1. The minimum absolute atomic E-state index is 0.0799. The summed E-state index contributed by atoms with van der Waals surface area (Å²) in [4.78, 5) is 28.8. The van der Waals surface area contributed by atoms with Crippen LogP contribution in [0, 0.1) is 6.92 Å². The molecule has 1 aliphatic heterocycles. The molecular formula is C33H31NO4. The maximum Gasteiger partial charge on any atom is 0.300 e. The van der Waals surface area contributed by atoms with Crippen molar-refractivity contribution in [2.75, 3.05) is 12.0 Å². The van der Waals surface area contributed by atoms with Gasteiger partial charge in [-0.05, 0) is 70.1 Å². The van der Waals surface area contributed by atoms with Crippen LogP contribution in [0.1, 0.15) is 49.1 Å². The molecule has 1 heterocycles. The predicted octanol–water partition coefficient (Wildman–Crippen LogP) is 7.08. The normalized spacial score (nSPS) is 17.3. The van der Waals surface area contributed by atoms with Crippen LogP contribution < -0.4 is 9.64 Å². The van der Waals surface area contributed by atoms with E-state index < -0.39 is 17.7 Å². The molecule has 4 aromatic carbocycles. The van der Waals surface area contributed by atoms with Gasteiger partial charge in [0.1, 0.15) is 11.5 Å². The standard InChI is InChI=1S/C33H31NO4/c1-20-13-14-22(33(2,3)4)19-27(20)30(35)28-29(26-12-8-10-21-9-6-7-11-25(21)26)34(32(37)31(28)36)23-15-17-24(38-5)18-16-23/h6-19,29,35H,1-5H3/b30-28+. The van der Waals surface area contributed by atoms with Crippen LogP contribution in [0.4, 0.5) is 5.69 Å². The van der Waals surface area contributed by atoms with E-state index in [0.29, 0.717) is 17.0 Å². The average Bonchev–Trinajstić information content (AvgIpc) is 3.17. The summed E-state index contributed by atoms with van der Waals surface area (Å²) in [5.41, 5.74) is 3.63. The number of hydrogen-bond donors (Lipinski definition) is 1. The maximum atomic E-state index is 13.7. The summed E-state index contributed by atoms with van der Waals surface area (Å²) in [5, 5.41) is 13.7. The van der Waals surface area contributed by atoms with Crippen molar-refractivity contribution >= 4 is 33.9 Å². The van der Waals surface area contributed by atoms with Gasteiger partial charge in [-0.3, -0.25) is 14.5 Å². The molecule has 5 rings (SSSR count). The molecule has 0 aromatic heterocycles. The van der Waals surface area contributed by atoms with Crippen LogP contribution in [-0.4, -0.2) is 23.9 Å². The topological polar surface area (TPSA) is 66.8 Å². The van der Waals surface area contributed by atoms with Gasteiger partial charge in [-0.15, -0.1) is 0 Å². The van der Waals surface area contributed by atoms with E-state index in [1.807, 2.05) is 67.6 Å². The van der Waals surface area contributed by atoms with E-state index in [4.69, 9.17) is 4.74 Å². The van der Waals surface area contributed by atoms with Gasteiger partial charge in [-0.25, -0.2) is 0 Å². The van der Waals surface area contributed by atoms with E-state index in [1.54, 1.807) is 31.4 Å². The molecule has 38 heavy (non-hydrogen) atoms. The van der Waals surface area contributed by atoms with E-state index in [2.05, 4.69) is 20.8 Å². The summed E-state index contributed by atoms with van der Waals surface area (Å²) in [6.07, 6.45) is 0. The number of ether oxygens (including phenoxy) is 1. The fraction of sp³-hybridized carbons (Fsp3) is 0.212. The van der Waals surface area contributed by atoms with Gasteiger partial charge >= 0.3 is 0 Å². The van der Waals surface area contributed by atoms with Crippen molar-refractivity contribution in [2.45, 2.75) is 39.2 Å². The molecule has 192 valence electrons. The predicted molar refractivity (Wildman–Crippen MR) is 152 cm³/mol. The number of benzene rings is 4. The number of carbonyl (C=O) groups is 2. The van der Waals surface area contributed by atoms with Gasteiger partial charge in [-0.2, -0.15) is 0 Å². The highest BCUT2D eigenvalue weighted by Gasteiger charge is 2.47. The Bertz CT molecular complexity index is 1590. The number of aryl methyl sites for hydroxylation is 1. The zero-order valence-corrected chi connectivity index (χ0v) is 22.3. The molecule has 0 aliphatic carbocycles. The number of ketones is 1. The first kappa shape index (κ1) is 25.3. The Labute approximate surface area is 223 Å². The van der Waals surface area contributed by atoms with Crippen molar-refractivity contribution < 1.29 is 19.4 Å². The van der Waals surface area contributed by atoms with Crippen LogP contribution in [0.5, 0.6) is 5.75 Å². The van der Waals surface area contributed by atoms with Crippen LogP contribution >= 0.6 is 0 Å². The largest absolute Gasteiger partial charge is 0.507 e. The quantitative estimate of drug-likeness (QED) is 0.183. The lowest BCUT2D eigenvalue weighted by Gasteiger charge is -2.27. The van der Waals surface area contributed by atoms with E-state index in [-0.39, 0.29) is 16.7 Å². The highest BCUT2D eigenvalue weighted by atomic mass is 16.5. The first-order valence-electron chi connectivity index (χ1n) is 12.7. The van der Waals surface area contributed by atoms with E-state index in [1.165, 1.54) is 4.90 Å². The molecule has 0 bridgehead atoms. The highest BCUT2D eigenvalue weighted by Crippen LogP contribution is 2.45. The van der Waals surface area contributed by atoms with E-state index in [9.17, 15) is 14.7 Å². The number of aliphatic hydroxyl groups excluding tert-OH is 1.